The van der Waals surface area contributed by atoms with Crippen molar-refractivity contribution in [3.8, 4) is 5.75 Å². The third-order valence-corrected chi connectivity index (χ3v) is 3.96. The SMILES string of the molecule is CC(C)Oc1cccc(C(=O)N2CCC(C(C)O)CC2)c1. The summed E-state index contributed by atoms with van der Waals surface area (Å²) in [7, 11) is 0. The molecule has 0 aliphatic carbocycles. The molecule has 0 spiro atoms. The highest BCUT2D eigenvalue weighted by atomic mass is 16.5. The molecule has 0 bridgehead atoms. The van der Waals surface area contributed by atoms with Crippen molar-refractivity contribution in [3.63, 3.8) is 0 Å². The fraction of sp³-hybridized carbons (Fsp3) is 0.588. The molecule has 1 heterocycles. The van der Waals surface area contributed by atoms with Crippen LogP contribution in [0.25, 0.3) is 0 Å². The van der Waals surface area contributed by atoms with Crippen LogP contribution in [0, 0.1) is 5.92 Å². The van der Waals surface area contributed by atoms with Gasteiger partial charge in [0.15, 0.2) is 0 Å². The minimum atomic E-state index is -0.287. The second-order valence-electron chi connectivity index (χ2n) is 6.06. The predicted octanol–water partition coefficient (Wildman–Crippen LogP) is 2.71. The van der Waals surface area contributed by atoms with Gasteiger partial charge in [0.25, 0.3) is 5.91 Å². The number of hydrogen-bond donors (Lipinski definition) is 1. The quantitative estimate of drug-likeness (QED) is 0.928. The molecule has 0 radical (unpaired) electrons. The topological polar surface area (TPSA) is 49.8 Å². The van der Waals surface area contributed by atoms with Crippen LogP contribution in [0.15, 0.2) is 24.3 Å². The summed E-state index contributed by atoms with van der Waals surface area (Å²) >= 11 is 0. The number of rotatable bonds is 4. The number of piperidine rings is 1. The van der Waals surface area contributed by atoms with Crippen molar-refractivity contribution in [1.29, 1.82) is 0 Å². The molecular weight excluding hydrogens is 266 g/mol. The van der Waals surface area contributed by atoms with Crippen LogP contribution in [0.2, 0.25) is 0 Å². The molecule has 116 valence electrons. The molecule has 1 aliphatic rings. The van der Waals surface area contributed by atoms with Crippen molar-refractivity contribution in [2.75, 3.05) is 13.1 Å². The maximum atomic E-state index is 12.5. The smallest absolute Gasteiger partial charge is 0.253 e. The van der Waals surface area contributed by atoms with E-state index < -0.39 is 0 Å². The van der Waals surface area contributed by atoms with Gasteiger partial charge < -0.3 is 14.7 Å². The van der Waals surface area contributed by atoms with Gasteiger partial charge in [-0.15, -0.1) is 0 Å². The van der Waals surface area contributed by atoms with Gasteiger partial charge in [-0.2, -0.15) is 0 Å². The standard InChI is InChI=1S/C17H25NO3/c1-12(2)21-16-6-4-5-15(11-16)17(20)18-9-7-14(8-10-18)13(3)19/h4-6,11-14,19H,7-10H2,1-3H3. The zero-order chi connectivity index (χ0) is 15.4. The van der Waals surface area contributed by atoms with Crippen LogP contribution >= 0.6 is 0 Å². The fourth-order valence-corrected chi connectivity index (χ4v) is 2.74. The highest BCUT2D eigenvalue weighted by molar-refractivity contribution is 5.94. The fourth-order valence-electron chi connectivity index (χ4n) is 2.74. The Morgan fingerprint density at radius 2 is 1.95 bits per heavy atom. The van der Waals surface area contributed by atoms with Crippen LogP contribution in [-0.2, 0) is 0 Å². The van der Waals surface area contributed by atoms with Gasteiger partial charge in [-0.1, -0.05) is 6.07 Å². The van der Waals surface area contributed by atoms with Gasteiger partial charge in [0.2, 0.25) is 0 Å². The molecule has 1 amide bonds. The minimum Gasteiger partial charge on any atom is -0.491 e. The Kier molecular flexibility index (Phi) is 5.23. The third kappa shape index (κ3) is 4.21. The first kappa shape index (κ1) is 15.8. The van der Waals surface area contributed by atoms with Crippen LogP contribution in [0.5, 0.6) is 5.75 Å². The first-order chi connectivity index (χ1) is 9.97. The molecular formula is C17H25NO3. The van der Waals surface area contributed by atoms with Crippen molar-refractivity contribution in [1.82, 2.24) is 4.90 Å². The zero-order valence-electron chi connectivity index (χ0n) is 13.1. The molecule has 1 atom stereocenters. The van der Waals surface area contributed by atoms with E-state index in [4.69, 9.17) is 4.74 Å². The Bertz CT molecular complexity index is 477. The summed E-state index contributed by atoms with van der Waals surface area (Å²) in [6.45, 7) is 7.19. The molecule has 1 aliphatic heterocycles. The molecule has 21 heavy (non-hydrogen) atoms. The Hall–Kier alpha value is -1.55. The van der Waals surface area contributed by atoms with Gasteiger partial charge in [-0.25, -0.2) is 0 Å². The van der Waals surface area contributed by atoms with Crippen molar-refractivity contribution < 1.29 is 14.6 Å². The molecule has 4 nitrogen and oxygen atoms in total. The van der Waals surface area contributed by atoms with Crippen molar-refractivity contribution in [2.24, 2.45) is 5.92 Å². The second-order valence-corrected chi connectivity index (χ2v) is 6.06. The molecule has 1 fully saturated rings. The summed E-state index contributed by atoms with van der Waals surface area (Å²) in [6, 6.07) is 7.36. The number of likely N-dealkylation sites (tertiary alicyclic amines) is 1. The lowest BCUT2D eigenvalue weighted by atomic mass is 9.92. The average Bonchev–Trinajstić information content (AvgIpc) is 2.46. The molecule has 0 saturated carbocycles. The van der Waals surface area contributed by atoms with E-state index in [0.29, 0.717) is 24.6 Å². The maximum absolute atomic E-state index is 12.5. The number of benzene rings is 1. The van der Waals surface area contributed by atoms with Crippen molar-refractivity contribution in [3.05, 3.63) is 29.8 Å². The number of ether oxygens (including phenoxy) is 1. The van der Waals surface area contributed by atoms with Gasteiger partial charge in [-0.05, 0) is 57.7 Å². The van der Waals surface area contributed by atoms with Crippen LogP contribution in [0.4, 0.5) is 0 Å². The van der Waals surface area contributed by atoms with Gasteiger partial charge in [0.1, 0.15) is 5.75 Å². The predicted molar refractivity (Wildman–Crippen MR) is 82.5 cm³/mol. The van der Waals surface area contributed by atoms with E-state index in [-0.39, 0.29) is 18.1 Å². The first-order valence-corrected chi connectivity index (χ1v) is 7.71. The van der Waals surface area contributed by atoms with E-state index in [0.717, 1.165) is 18.6 Å². The number of carbonyl (C=O) groups excluding carboxylic acids is 1. The molecule has 4 heteroatoms. The van der Waals surface area contributed by atoms with E-state index >= 15 is 0 Å². The zero-order valence-corrected chi connectivity index (χ0v) is 13.1. The van der Waals surface area contributed by atoms with Crippen LogP contribution in [0.3, 0.4) is 0 Å². The third-order valence-electron chi connectivity index (χ3n) is 3.96. The normalized spacial score (nSPS) is 17.9. The monoisotopic (exact) mass is 291 g/mol. The van der Waals surface area contributed by atoms with Crippen molar-refractivity contribution in [2.45, 2.75) is 45.8 Å². The van der Waals surface area contributed by atoms with E-state index in [9.17, 15) is 9.90 Å². The van der Waals surface area contributed by atoms with Crippen LogP contribution in [-0.4, -0.2) is 41.2 Å². The molecule has 1 aromatic carbocycles. The lowest BCUT2D eigenvalue weighted by Crippen LogP contribution is -2.40. The lowest BCUT2D eigenvalue weighted by molar-refractivity contribution is 0.0521. The van der Waals surface area contributed by atoms with Crippen LogP contribution in [0.1, 0.15) is 44.0 Å². The average molecular weight is 291 g/mol. The number of amides is 1. The number of aliphatic hydroxyl groups excluding tert-OH is 1. The summed E-state index contributed by atoms with van der Waals surface area (Å²) in [6.07, 6.45) is 1.54. The van der Waals surface area contributed by atoms with Gasteiger partial charge >= 0.3 is 0 Å². The maximum Gasteiger partial charge on any atom is 0.253 e. The summed E-state index contributed by atoms with van der Waals surface area (Å²) in [5, 5.41) is 9.62. The summed E-state index contributed by atoms with van der Waals surface area (Å²) in [5.41, 5.74) is 0.670. The number of nitrogens with zero attached hydrogens (tertiary/aromatic N) is 1. The Labute approximate surface area is 126 Å². The highest BCUT2D eigenvalue weighted by Gasteiger charge is 2.26. The number of carbonyl (C=O) groups is 1. The number of hydrogen-bond acceptors (Lipinski definition) is 3. The van der Waals surface area contributed by atoms with Gasteiger partial charge in [0, 0.05) is 18.7 Å². The highest BCUT2D eigenvalue weighted by Crippen LogP contribution is 2.23. The Morgan fingerprint density at radius 1 is 1.29 bits per heavy atom. The van der Waals surface area contributed by atoms with Gasteiger partial charge in [-0.3, -0.25) is 4.79 Å². The largest absolute Gasteiger partial charge is 0.491 e. The second kappa shape index (κ2) is 6.94. The summed E-state index contributed by atoms with van der Waals surface area (Å²) < 4.78 is 5.64. The van der Waals surface area contributed by atoms with E-state index in [2.05, 4.69) is 0 Å². The minimum absolute atomic E-state index is 0.0493. The molecule has 1 unspecified atom stereocenters. The summed E-state index contributed by atoms with van der Waals surface area (Å²) in [4.78, 5) is 14.4. The molecule has 1 N–H and O–H groups in total. The molecule has 1 aromatic rings. The first-order valence-electron chi connectivity index (χ1n) is 7.71. The molecule has 1 saturated heterocycles. The molecule has 2 rings (SSSR count). The van der Waals surface area contributed by atoms with E-state index in [1.807, 2.05) is 49.9 Å². The van der Waals surface area contributed by atoms with E-state index in [1.165, 1.54) is 0 Å². The summed E-state index contributed by atoms with van der Waals surface area (Å²) in [5.74, 6) is 1.09. The van der Waals surface area contributed by atoms with Gasteiger partial charge in [0.05, 0.1) is 12.2 Å². The molecule has 0 aromatic heterocycles. The lowest BCUT2D eigenvalue weighted by Gasteiger charge is -2.33. The number of aliphatic hydroxyl groups is 1. The Balaban J connectivity index is 2.00. The van der Waals surface area contributed by atoms with Crippen molar-refractivity contribution >= 4 is 5.91 Å². The Morgan fingerprint density at radius 3 is 2.52 bits per heavy atom. The van der Waals surface area contributed by atoms with Crippen LogP contribution < -0.4 is 4.74 Å². The van der Waals surface area contributed by atoms with E-state index in [1.54, 1.807) is 0 Å².